The van der Waals surface area contributed by atoms with Crippen molar-refractivity contribution >= 4 is 45.1 Å². The lowest BCUT2D eigenvalue weighted by Crippen LogP contribution is -1.79. The molecular formula is C4H3Cl2PS. The van der Waals surface area contributed by atoms with Gasteiger partial charge in [0.05, 0.1) is 4.62 Å². The zero-order valence-corrected chi connectivity index (χ0v) is 7.07. The number of rotatable bonds is 1. The van der Waals surface area contributed by atoms with Crippen LogP contribution < -0.4 is 4.62 Å². The van der Waals surface area contributed by atoms with Gasteiger partial charge in [-0.05, 0) is 11.4 Å². The summed E-state index contributed by atoms with van der Waals surface area (Å²) in [5, 5.41) is 1.97. The smallest absolute Gasteiger partial charge is 0.127 e. The lowest BCUT2D eigenvalue weighted by molar-refractivity contribution is 2.07. The van der Waals surface area contributed by atoms with Crippen molar-refractivity contribution < 1.29 is 0 Å². The van der Waals surface area contributed by atoms with Gasteiger partial charge in [-0.2, -0.15) is 0 Å². The van der Waals surface area contributed by atoms with Crippen LogP contribution in [0.4, 0.5) is 0 Å². The molecule has 0 unspecified atom stereocenters. The lowest BCUT2D eigenvalue weighted by Gasteiger charge is -1.89. The summed E-state index contributed by atoms with van der Waals surface area (Å²) in [7, 11) is 0. The molecular weight excluding hydrogens is 182 g/mol. The lowest BCUT2D eigenvalue weighted by atomic mass is 10.7. The summed E-state index contributed by atoms with van der Waals surface area (Å²) in [4.78, 5) is 0. The number of hydrogen-bond acceptors (Lipinski definition) is 1. The summed E-state index contributed by atoms with van der Waals surface area (Å²) in [5.74, 6) is 0. The molecule has 0 radical (unpaired) electrons. The molecule has 0 atom stereocenters. The second-order valence-corrected chi connectivity index (χ2v) is 5.93. The molecule has 1 aromatic rings. The molecule has 0 aliphatic heterocycles. The highest BCUT2D eigenvalue weighted by Crippen LogP contribution is 2.46. The van der Waals surface area contributed by atoms with E-state index in [1.807, 2.05) is 17.5 Å². The van der Waals surface area contributed by atoms with Crippen molar-refractivity contribution in [2.45, 2.75) is 0 Å². The van der Waals surface area contributed by atoms with Crippen LogP contribution in [-0.4, -0.2) is 0 Å². The van der Waals surface area contributed by atoms with Crippen molar-refractivity contribution in [3.8, 4) is 0 Å². The van der Waals surface area contributed by atoms with Gasteiger partial charge < -0.3 is 0 Å². The fraction of sp³-hybridized carbons (Fsp3) is 0. The third-order valence-electron chi connectivity index (χ3n) is 0.673. The highest BCUT2D eigenvalue weighted by molar-refractivity contribution is 8.11. The third-order valence-corrected chi connectivity index (χ3v) is 4.38. The Morgan fingerprint density at radius 1 is 1.50 bits per heavy atom. The van der Waals surface area contributed by atoms with E-state index in [9.17, 15) is 0 Å². The second-order valence-electron chi connectivity index (χ2n) is 1.18. The summed E-state index contributed by atoms with van der Waals surface area (Å²) in [5.41, 5.74) is 0. The van der Waals surface area contributed by atoms with Gasteiger partial charge in [0.1, 0.15) is 6.63 Å². The van der Waals surface area contributed by atoms with E-state index in [2.05, 4.69) is 0 Å². The van der Waals surface area contributed by atoms with Crippen molar-refractivity contribution in [1.82, 2.24) is 0 Å². The highest BCUT2D eigenvalue weighted by atomic mass is 35.9. The molecule has 0 aliphatic carbocycles. The first-order valence-corrected chi connectivity index (χ1v) is 5.99. The first-order chi connectivity index (χ1) is 3.80. The van der Waals surface area contributed by atoms with E-state index in [-0.39, 0.29) is 0 Å². The summed E-state index contributed by atoms with van der Waals surface area (Å²) < 4.78 is 1.07. The van der Waals surface area contributed by atoms with Gasteiger partial charge in [0.25, 0.3) is 0 Å². The minimum atomic E-state index is -0.896. The van der Waals surface area contributed by atoms with Crippen molar-refractivity contribution in [3.05, 3.63) is 17.5 Å². The first kappa shape index (κ1) is 6.82. The highest BCUT2D eigenvalue weighted by Gasteiger charge is 2.01. The number of thiophene rings is 1. The maximum Gasteiger partial charge on any atom is 0.127 e. The first-order valence-electron chi connectivity index (χ1n) is 1.96. The second kappa shape index (κ2) is 3.03. The molecule has 44 valence electrons. The van der Waals surface area contributed by atoms with Crippen LogP contribution in [0.3, 0.4) is 0 Å². The fourth-order valence-electron chi connectivity index (χ4n) is 0.366. The summed E-state index contributed by atoms with van der Waals surface area (Å²) in [6, 6.07) is 3.89. The van der Waals surface area contributed by atoms with Crippen molar-refractivity contribution in [3.63, 3.8) is 0 Å². The Kier molecular flexibility index (Phi) is 2.58. The topological polar surface area (TPSA) is 0 Å². The van der Waals surface area contributed by atoms with E-state index in [4.69, 9.17) is 22.5 Å². The molecule has 1 rings (SSSR count). The van der Waals surface area contributed by atoms with Gasteiger partial charge in [0.15, 0.2) is 0 Å². The van der Waals surface area contributed by atoms with E-state index < -0.39 is 6.63 Å². The number of hydrogen-bond donors (Lipinski definition) is 0. The van der Waals surface area contributed by atoms with Gasteiger partial charge in [-0.25, -0.2) is 0 Å². The Hall–Kier alpha value is 0.710. The molecule has 0 N–H and O–H groups in total. The maximum atomic E-state index is 5.59. The Balaban J connectivity index is 2.77. The van der Waals surface area contributed by atoms with Crippen molar-refractivity contribution in [2.24, 2.45) is 0 Å². The maximum absolute atomic E-state index is 5.59. The number of halogens is 2. The molecule has 0 fully saturated rings. The molecule has 0 spiro atoms. The standard InChI is InChI=1S/C4H3Cl2PS/c5-7(6)4-2-1-3-8-4/h1-3H. The third kappa shape index (κ3) is 1.60. The van der Waals surface area contributed by atoms with Gasteiger partial charge in [-0.1, -0.05) is 28.5 Å². The molecule has 8 heavy (non-hydrogen) atoms. The summed E-state index contributed by atoms with van der Waals surface area (Å²) in [6.07, 6.45) is 0. The molecule has 0 aromatic carbocycles. The zero-order chi connectivity index (χ0) is 5.98. The average molecular weight is 185 g/mol. The molecule has 1 aromatic heterocycles. The largest absolute Gasteiger partial charge is 0.142 e. The van der Waals surface area contributed by atoms with Gasteiger partial charge in [0.2, 0.25) is 0 Å². The van der Waals surface area contributed by atoms with E-state index in [1.165, 1.54) is 0 Å². The molecule has 0 amide bonds. The molecule has 0 aliphatic rings. The molecule has 0 nitrogen and oxygen atoms in total. The Morgan fingerprint density at radius 2 is 2.25 bits per heavy atom. The van der Waals surface area contributed by atoms with Crippen LogP contribution in [0.1, 0.15) is 0 Å². The van der Waals surface area contributed by atoms with Crippen LogP contribution in [0.15, 0.2) is 17.5 Å². The van der Waals surface area contributed by atoms with Crippen molar-refractivity contribution in [2.75, 3.05) is 0 Å². The van der Waals surface area contributed by atoms with Crippen LogP contribution in [0, 0.1) is 0 Å². The Morgan fingerprint density at radius 3 is 2.50 bits per heavy atom. The predicted octanol–water partition coefficient (Wildman–Crippen LogP) is 3.16. The summed E-state index contributed by atoms with van der Waals surface area (Å²) >= 11 is 12.8. The van der Waals surface area contributed by atoms with Crippen LogP contribution in [0.5, 0.6) is 0 Å². The molecule has 0 saturated heterocycles. The van der Waals surface area contributed by atoms with Crippen LogP contribution in [0.2, 0.25) is 0 Å². The molecule has 0 saturated carbocycles. The Bertz CT molecular complexity index is 149. The van der Waals surface area contributed by atoms with Crippen LogP contribution in [0.25, 0.3) is 0 Å². The van der Waals surface area contributed by atoms with Crippen LogP contribution in [-0.2, 0) is 0 Å². The van der Waals surface area contributed by atoms with Gasteiger partial charge in [0, 0.05) is 0 Å². The summed E-state index contributed by atoms with van der Waals surface area (Å²) in [6.45, 7) is -0.896. The molecule has 1 heterocycles. The fourth-order valence-corrected chi connectivity index (χ4v) is 2.58. The Labute approximate surface area is 62.8 Å². The van der Waals surface area contributed by atoms with E-state index in [0.717, 1.165) is 4.62 Å². The average Bonchev–Trinajstić information content (AvgIpc) is 2.12. The van der Waals surface area contributed by atoms with E-state index >= 15 is 0 Å². The normalized spacial score (nSPS) is 10.4. The SMILES string of the molecule is ClP(Cl)c1cccs1. The van der Waals surface area contributed by atoms with E-state index in [1.54, 1.807) is 11.3 Å². The predicted molar refractivity (Wildman–Crippen MR) is 42.6 cm³/mol. The van der Waals surface area contributed by atoms with Gasteiger partial charge in [-0.15, -0.1) is 11.3 Å². The van der Waals surface area contributed by atoms with Gasteiger partial charge in [-0.3, -0.25) is 0 Å². The van der Waals surface area contributed by atoms with Crippen molar-refractivity contribution in [1.29, 1.82) is 0 Å². The van der Waals surface area contributed by atoms with Gasteiger partial charge >= 0.3 is 0 Å². The monoisotopic (exact) mass is 184 g/mol. The quantitative estimate of drug-likeness (QED) is 0.589. The minimum Gasteiger partial charge on any atom is -0.142 e. The van der Waals surface area contributed by atoms with E-state index in [0.29, 0.717) is 0 Å². The van der Waals surface area contributed by atoms with Crippen LogP contribution >= 0.6 is 40.4 Å². The minimum absolute atomic E-state index is 0.896. The molecule has 4 heteroatoms. The zero-order valence-electron chi connectivity index (χ0n) is 3.84. The molecule has 0 bridgehead atoms.